The fourth-order valence-corrected chi connectivity index (χ4v) is 2.07. The van der Waals surface area contributed by atoms with Gasteiger partial charge < -0.3 is 29.2 Å². The number of rotatable bonds is 6. The van der Waals surface area contributed by atoms with Gasteiger partial charge in [-0.15, -0.1) is 6.58 Å². The van der Waals surface area contributed by atoms with Crippen molar-refractivity contribution in [2.24, 2.45) is 0 Å². The van der Waals surface area contributed by atoms with E-state index in [1.807, 2.05) is 0 Å². The van der Waals surface area contributed by atoms with E-state index in [-0.39, 0.29) is 6.61 Å². The van der Waals surface area contributed by atoms with E-state index < -0.39 is 36.8 Å². The molecule has 4 unspecified atom stereocenters. The van der Waals surface area contributed by atoms with E-state index in [0.29, 0.717) is 0 Å². The summed E-state index contributed by atoms with van der Waals surface area (Å²) in [5.74, 6) is 0. The summed E-state index contributed by atoms with van der Waals surface area (Å²) in [7, 11) is 2.90. The van der Waals surface area contributed by atoms with Crippen molar-refractivity contribution >= 4 is 0 Å². The molecule has 0 bridgehead atoms. The van der Waals surface area contributed by atoms with Crippen molar-refractivity contribution in [1.82, 2.24) is 0 Å². The van der Waals surface area contributed by atoms with Crippen LogP contribution < -0.4 is 0 Å². The van der Waals surface area contributed by atoms with Gasteiger partial charge in [0.05, 0.1) is 12.7 Å². The van der Waals surface area contributed by atoms with Gasteiger partial charge in [0.2, 0.25) is 0 Å². The first-order chi connectivity index (χ1) is 8.56. The molecule has 6 heteroatoms. The van der Waals surface area contributed by atoms with Crippen LogP contribution >= 0.6 is 0 Å². The Labute approximate surface area is 107 Å². The Morgan fingerprint density at radius 3 is 2.44 bits per heavy atom. The molecule has 0 aromatic rings. The molecule has 1 rings (SSSR count). The zero-order valence-corrected chi connectivity index (χ0v) is 11.0. The minimum atomic E-state index is -0.991. The molecule has 106 valence electrons. The molecule has 1 aliphatic heterocycles. The van der Waals surface area contributed by atoms with E-state index in [0.717, 1.165) is 0 Å². The van der Waals surface area contributed by atoms with Crippen molar-refractivity contribution in [3.8, 4) is 0 Å². The Bertz CT molecular complexity index is 257. The average molecular weight is 262 g/mol. The average Bonchev–Trinajstić information content (AvgIpc) is 2.36. The van der Waals surface area contributed by atoms with Crippen LogP contribution in [-0.2, 0) is 18.9 Å². The lowest BCUT2D eigenvalue weighted by Gasteiger charge is -2.44. The maximum absolute atomic E-state index is 10.1. The largest absolute Gasteiger partial charge is 0.391 e. The van der Waals surface area contributed by atoms with Gasteiger partial charge in [0.1, 0.15) is 24.4 Å². The third kappa shape index (κ3) is 3.28. The molecule has 18 heavy (non-hydrogen) atoms. The Kier molecular flexibility index (Phi) is 6.20. The van der Waals surface area contributed by atoms with Gasteiger partial charge in [0, 0.05) is 14.2 Å². The number of aliphatic hydroxyl groups excluding tert-OH is 2. The van der Waals surface area contributed by atoms with Gasteiger partial charge in [0.25, 0.3) is 0 Å². The molecule has 1 saturated heterocycles. The van der Waals surface area contributed by atoms with Gasteiger partial charge in [-0.2, -0.15) is 0 Å². The van der Waals surface area contributed by atoms with Crippen LogP contribution in [0.3, 0.4) is 0 Å². The first-order valence-corrected chi connectivity index (χ1v) is 5.86. The van der Waals surface area contributed by atoms with Crippen molar-refractivity contribution < 1.29 is 29.2 Å². The molecule has 0 aromatic carbocycles. The molecule has 0 radical (unpaired) electrons. The second-order valence-electron chi connectivity index (χ2n) is 4.22. The monoisotopic (exact) mass is 262 g/mol. The van der Waals surface area contributed by atoms with Crippen LogP contribution in [0.4, 0.5) is 0 Å². The van der Waals surface area contributed by atoms with E-state index in [1.165, 1.54) is 14.2 Å². The van der Waals surface area contributed by atoms with Crippen LogP contribution in [-0.4, -0.2) is 67.8 Å². The molecule has 1 fully saturated rings. The summed E-state index contributed by atoms with van der Waals surface area (Å²) in [6.45, 7) is 5.41. The third-order valence-corrected chi connectivity index (χ3v) is 2.94. The van der Waals surface area contributed by atoms with Crippen molar-refractivity contribution in [2.45, 2.75) is 43.7 Å². The standard InChI is InChI=1S/C12H22O6/c1-5-6-17-10-8(14)12(16-4)18-9(7(2)13)11(10)15-3/h5,7-14H,1,6H2,2-4H3/t7?,8?,9?,10?,11-,12-/m0/s1. The Hall–Kier alpha value is -0.500. The molecule has 0 amide bonds. The SMILES string of the molecule is C=CCOC1C(O)[C@@H](OC)OC(C(C)O)[C@@H]1OC. The molecule has 0 aromatic heterocycles. The molecular formula is C12H22O6. The molecule has 0 saturated carbocycles. The van der Waals surface area contributed by atoms with E-state index in [2.05, 4.69) is 6.58 Å². The molecular weight excluding hydrogens is 240 g/mol. The molecule has 6 atom stereocenters. The maximum Gasteiger partial charge on any atom is 0.186 e. The number of methoxy groups -OCH3 is 2. The zero-order chi connectivity index (χ0) is 13.7. The second-order valence-corrected chi connectivity index (χ2v) is 4.22. The molecule has 0 aliphatic carbocycles. The minimum Gasteiger partial charge on any atom is -0.391 e. The Morgan fingerprint density at radius 1 is 1.33 bits per heavy atom. The molecule has 1 aliphatic rings. The zero-order valence-electron chi connectivity index (χ0n) is 11.0. The highest BCUT2D eigenvalue weighted by Crippen LogP contribution is 2.27. The van der Waals surface area contributed by atoms with Crippen LogP contribution in [0.2, 0.25) is 0 Å². The highest BCUT2D eigenvalue weighted by Gasteiger charge is 2.48. The molecule has 2 N–H and O–H groups in total. The Balaban J connectivity index is 2.87. The quantitative estimate of drug-likeness (QED) is 0.639. The highest BCUT2D eigenvalue weighted by molar-refractivity contribution is 4.94. The van der Waals surface area contributed by atoms with Gasteiger partial charge in [-0.1, -0.05) is 6.08 Å². The van der Waals surface area contributed by atoms with Crippen molar-refractivity contribution in [3.05, 3.63) is 12.7 Å². The van der Waals surface area contributed by atoms with Crippen molar-refractivity contribution in [3.63, 3.8) is 0 Å². The number of ether oxygens (including phenoxy) is 4. The van der Waals surface area contributed by atoms with Crippen LogP contribution in [0.15, 0.2) is 12.7 Å². The van der Waals surface area contributed by atoms with Crippen LogP contribution in [0.25, 0.3) is 0 Å². The summed E-state index contributed by atoms with van der Waals surface area (Å²) in [5, 5.41) is 19.8. The molecule has 6 nitrogen and oxygen atoms in total. The van der Waals surface area contributed by atoms with E-state index in [4.69, 9.17) is 18.9 Å². The fraction of sp³-hybridized carbons (Fsp3) is 0.833. The summed E-state index contributed by atoms with van der Waals surface area (Å²) in [4.78, 5) is 0. The predicted molar refractivity (Wildman–Crippen MR) is 64.1 cm³/mol. The van der Waals surface area contributed by atoms with Gasteiger partial charge in [-0.3, -0.25) is 0 Å². The first-order valence-electron chi connectivity index (χ1n) is 5.86. The summed E-state index contributed by atoms with van der Waals surface area (Å²) in [5.41, 5.74) is 0. The molecule has 0 spiro atoms. The molecule has 1 heterocycles. The predicted octanol–water partition coefficient (Wildman–Crippen LogP) is -0.314. The van der Waals surface area contributed by atoms with Crippen LogP contribution in [0.1, 0.15) is 6.92 Å². The fourth-order valence-electron chi connectivity index (χ4n) is 2.07. The smallest absolute Gasteiger partial charge is 0.186 e. The van der Waals surface area contributed by atoms with Gasteiger partial charge >= 0.3 is 0 Å². The van der Waals surface area contributed by atoms with Crippen LogP contribution in [0.5, 0.6) is 0 Å². The van der Waals surface area contributed by atoms with E-state index in [9.17, 15) is 10.2 Å². The van der Waals surface area contributed by atoms with Gasteiger partial charge in [0.15, 0.2) is 6.29 Å². The van der Waals surface area contributed by atoms with Crippen molar-refractivity contribution in [2.75, 3.05) is 20.8 Å². The number of aliphatic hydroxyl groups is 2. The maximum atomic E-state index is 10.1. The first kappa shape index (κ1) is 15.6. The second kappa shape index (κ2) is 7.18. The lowest BCUT2D eigenvalue weighted by atomic mass is 9.95. The normalized spacial score (nSPS) is 38.4. The lowest BCUT2D eigenvalue weighted by molar-refractivity contribution is -0.311. The van der Waals surface area contributed by atoms with Gasteiger partial charge in [-0.05, 0) is 6.92 Å². The Morgan fingerprint density at radius 2 is 2.00 bits per heavy atom. The highest BCUT2D eigenvalue weighted by atomic mass is 16.7. The summed E-state index contributed by atoms with van der Waals surface area (Å²) >= 11 is 0. The van der Waals surface area contributed by atoms with E-state index >= 15 is 0 Å². The van der Waals surface area contributed by atoms with E-state index in [1.54, 1.807) is 13.0 Å². The topological polar surface area (TPSA) is 77.4 Å². The minimum absolute atomic E-state index is 0.268. The number of hydrogen-bond acceptors (Lipinski definition) is 6. The van der Waals surface area contributed by atoms with Gasteiger partial charge in [-0.25, -0.2) is 0 Å². The van der Waals surface area contributed by atoms with Crippen molar-refractivity contribution in [1.29, 1.82) is 0 Å². The van der Waals surface area contributed by atoms with Crippen LogP contribution in [0, 0.1) is 0 Å². The summed E-state index contributed by atoms with van der Waals surface area (Å²) in [6.07, 6.45) is -2.89. The lowest BCUT2D eigenvalue weighted by Crippen LogP contribution is -2.62. The summed E-state index contributed by atoms with van der Waals surface area (Å²) < 4.78 is 21.3. The number of hydrogen-bond donors (Lipinski definition) is 2. The third-order valence-electron chi connectivity index (χ3n) is 2.94. The summed E-state index contributed by atoms with van der Waals surface area (Å²) in [6, 6.07) is 0.